The van der Waals surface area contributed by atoms with E-state index in [0.29, 0.717) is 36.3 Å². The number of unbranched alkanes of at least 4 members (excludes halogenated alkanes) is 8. The van der Waals surface area contributed by atoms with Crippen molar-refractivity contribution >= 4 is 0 Å². The molecule has 3 aromatic rings. The van der Waals surface area contributed by atoms with Crippen LogP contribution >= 0.6 is 0 Å². The molecule has 0 radical (unpaired) electrons. The number of hydrogen-bond acceptors (Lipinski definition) is 2. The van der Waals surface area contributed by atoms with Gasteiger partial charge in [0.1, 0.15) is 0 Å². The molecular weight excluding hydrogens is 540 g/mol. The Bertz CT molecular complexity index is 1270. The lowest BCUT2D eigenvalue weighted by atomic mass is 9.96. The fraction of sp³-hybridized carbons (Fsp3) is 0.500. The summed E-state index contributed by atoms with van der Waals surface area (Å²) in [5.74, 6) is -3.44. The molecule has 1 aliphatic heterocycles. The van der Waals surface area contributed by atoms with Crippen LogP contribution in [0.5, 0.6) is 0 Å². The monoisotopic (exact) mass is 584 g/mol. The van der Waals surface area contributed by atoms with E-state index >= 15 is 8.78 Å². The van der Waals surface area contributed by atoms with Gasteiger partial charge in [-0.3, -0.25) is 0 Å². The number of halogens is 4. The molecule has 1 fully saturated rings. The van der Waals surface area contributed by atoms with Crippen LogP contribution in [-0.2, 0) is 15.9 Å². The predicted octanol–water partition coefficient (Wildman–Crippen LogP) is 11.1. The molecule has 0 atom stereocenters. The SMILES string of the molecule is CCCCCCCc1ccc(-c2ccc(-c3ccc(C4OCC(CCCCCCC)CO4)c(F)c3F)cc2)c(F)c1F. The summed E-state index contributed by atoms with van der Waals surface area (Å²) in [4.78, 5) is 0. The van der Waals surface area contributed by atoms with Crippen molar-refractivity contribution in [2.75, 3.05) is 13.2 Å². The van der Waals surface area contributed by atoms with Crippen molar-refractivity contribution in [2.24, 2.45) is 5.92 Å². The highest BCUT2D eigenvalue weighted by molar-refractivity contribution is 5.71. The summed E-state index contributed by atoms with van der Waals surface area (Å²) in [6.45, 7) is 5.24. The Morgan fingerprint density at radius 2 is 1.10 bits per heavy atom. The standard InChI is InChI=1S/C36H44F4O2/c1-3-5-7-9-11-13-25-23-41-36(42-24-25)31-22-21-30(34(39)35(31)40)27-17-15-26(16-18-27)29-20-19-28(32(37)33(29)38)14-12-10-8-6-4-2/h15-22,25,36H,3-14,23-24H2,1-2H3. The van der Waals surface area contributed by atoms with Gasteiger partial charge in [-0.1, -0.05) is 120 Å². The Hall–Kier alpha value is -2.70. The topological polar surface area (TPSA) is 18.5 Å². The van der Waals surface area contributed by atoms with E-state index in [1.165, 1.54) is 37.8 Å². The van der Waals surface area contributed by atoms with Crippen LogP contribution in [0.15, 0.2) is 48.5 Å². The summed E-state index contributed by atoms with van der Waals surface area (Å²) in [5.41, 5.74) is 1.53. The van der Waals surface area contributed by atoms with Gasteiger partial charge in [-0.15, -0.1) is 0 Å². The molecule has 3 aromatic carbocycles. The summed E-state index contributed by atoms with van der Waals surface area (Å²) >= 11 is 0. The van der Waals surface area contributed by atoms with Gasteiger partial charge in [-0.05, 0) is 36.0 Å². The van der Waals surface area contributed by atoms with E-state index in [0.717, 1.165) is 44.9 Å². The minimum atomic E-state index is -1.00. The number of rotatable bonds is 15. The van der Waals surface area contributed by atoms with Gasteiger partial charge in [0.15, 0.2) is 29.6 Å². The van der Waals surface area contributed by atoms with Crippen molar-refractivity contribution in [1.29, 1.82) is 0 Å². The summed E-state index contributed by atoms with van der Waals surface area (Å²) < 4.78 is 71.7. The third kappa shape index (κ3) is 8.23. The second-order valence-electron chi connectivity index (χ2n) is 11.5. The minimum absolute atomic E-state index is 0.0391. The molecular formula is C36H44F4O2. The van der Waals surface area contributed by atoms with Crippen molar-refractivity contribution in [3.05, 3.63) is 82.9 Å². The van der Waals surface area contributed by atoms with E-state index in [1.807, 2.05) is 0 Å². The maximum Gasteiger partial charge on any atom is 0.186 e. The van der Waals surface area contributed by atoms with Crippen molar-refractivity contribution in [3.63, 3.8) is 0 Å². The van der Waals surface area contributed by atoms with Gasteiger partial charge in [0.25, 0.3) is 0 Å². The Balaban J connectivity index is 1.38. The molecule has 0 aliphatic carbocycles. The first-order chi connectivity index (χ1) is 20.4. The third-order valence-electron chi connectivity index (χ3n) is 8.27. The smallest absolute Gasteiger partial charge is 0.186 e. The van der Waals surface area contributed by atoms with Gasteiger partial charge in [0.05, 0.1) is 13.2 Å². The molecule has 1 saturated heterocycles. The lowest BCUT2D eigenvalue weighted by molar-refractivity contribution is -0.207. The zero-order valence-corrected chi connectivity index (χ0v) is 25.0. The van der Waals surface area contributed by atoms with E-state index in [4.69, 9.17) is 9.47 Å². The lowest BCUT2D eigenvalue weighted by Gasteiger charge is -2.30. The van der Waals surface area contributed by atoms with Gasteiger partial charge in [0.2, 0.25) is 0 Å². The molecule has 0 aromatic heterocycles. The van der Waals surface area contributed by atoms with E-state index < -0.39 is 29.6 Å². The fourth-order valence-electron chi connectivity index (χ4n) is 5.65. The molecule has 4 rings (SSSR count). The summed E-state index contributed by atoms with van der Waals surface area (Å²) in [7, 11) is 0. The molecule has 1 aliphatic rings. The van der Waals surface area contributed by atoms with Crippen LogP contribution in [0.2, 0.25) is 0 Å². The first-order valence-corrected chi connectivity index (χ1v) is 15.7. The predicted molar refractivity (Wildman–Crippen MR) is 161 cm³/mol. The summed E-state index contributed by atoms with van der Waals surface area (Å²) in [6.07, 6.45) is 11.8. The molecule has 0 bridgehead atoms. The van der Waals surface area contributed by atoms with Gasteiger partial charge in [-0.2, -0.15) is 0 Å². The van der Waals surface area contributed by atoms with Crippen LogP contribution in [-0.4, -0.2) is 13.2 Å². The van der Waals surface area contributed by atoms with Crippen LogP contribution in [0.25, 0.3) is 22.3 Å². The van der Waals surface area contributed by atoms with Gasteiger partial charge < -0.3 is 9.47 Å². The first kappa shape index (κ1) is 32.2. The number of hydrogen-bond donors (Lipinski definition) is 0. The van der Waals surface area contributed by atoms with Crippen LogP contribution in [0.3, 0.4) is 0 Å². The molecule has 0 unspecified atom stereocenters. The average molecular weight is 585 g/mol. The highest BCUT2D eigenvalue weighted by atomic mass is 19.2. The first-order valence-electron chi connectivity index (χ1n) is 15.7. The van der Waals surface area contributed by atoms with E-state index in [2.05, 4.69) is 13.8 Å². The molecule has 0 amide bonds. The second-order valence-corrected chi connectivity index (χ2v) is 11.5. The van der Waals surface area contributed by atoms with E-state index in [9.17, 15) is 8.78 Å². The van der Waals surface area contributed by atoms with Crippen LogP contribution in [0.1, 0.15) is 102 Å². The minimum Gasteiger partial charge on any atom is -0.348 e. The van der Waals surface area contributed by atoms with Crippen LogP contribution in [0.4, 0.5) is 17.6 Å². The van der Waals surface area contributed by atoms with Crippen LogP contribution in [0, 0.1) is 29.2 Å². The van der Waals surface area contributed by atoms with E-state index in [-0.39, 0.29) is 22.6 Å². The maximum atomic E-state index is 15.2. The molecule has 1 heterocycles. The van der Waals surface area contributed by atoms with Gasteiger partial charge >= 0.3 is 0 Å². The van der Waals surface area contributed by atoms with Gasteiger partial charge in [0, 0.05) is 22.6 Å². The van der Waals surface area contributed by atoms with Crippen molar-refractivity contribution in [2.45, 2.75) is 97.2 Å². The summed E-state index contributed by atoms with van der Waals surface area (Å²) in [6, 6.07) is 12.6. The Morgan fingerprint density at radius 1 is 0.571 bits per heavy atom. The lowest BCUT2D eigenvalue weighted by Crippen LogP contribution is -2.27. The Kier molecular flexibility index (Phi) is 12.4. The fourth-order valence-corrected chi connectivity index (χ4v) is 5.65. The van der Waals surface area contributed by atoms with Crippen LogP contribution < -0.4 is 0 Å². The van der Waals surface area contributed by atoms with Crippen molar-refractivity contribution in [3.8, 4) is 22.3 Å². The Morgan fingerprint density at radius 3 is 1.69 bits per heavy atom. The largest absolute Gasteiger partial charge is 0.348 e. The highest BCUT2D eigenvalue weighted by Gasteiger charge is 2.28. The molecule has 0 N–H and O–H groups in total. The number of ether oxygens (including phenoxy) is 2. The zero-order chi connectivity index (χ0) is 29.9. The quantitative estimate of drug-likeness (QED) is 0.131. The highest BCUT2D eigenvalue weighted by Crippen LogP contribution is 2.35. The molecule has 42 heavy (non-hydrogen) atoms. The van der Waals surface area contributed by atoms with Gasteiger partial charge in [-0.25, -0.2) is 17.6 Å². The Labute approximate surface area is 248 Å². The summed E-state index contributed by atoms with van der Waals surface area (Å²) in [5, 5.41) is 0. The molecule has 0 spiro atoms. The molecule has 228 valence electrons. The van der Waals surface area contributed by atoms with Crippen molar-refractivity contribution < 1.29 is 27.0 Å². The van der Waals surface area contributed by atoms with E-state index in [1.54, 1.807) is 36.4 Å². The number of aryl methyl sites for hydroxylation is 1. The molecule has 2 nitrogen and oxygen atoms in total. The zero-order valence-electron chi connectivity index (χ0n) is 25.0. The molecule has 0 saturated carbocycles. The maximum absolute atomic E-state index is 15.2. The third-order valence-corrected chi connectivity index (χ3v) is 8.27. The average Bonchev–Trinajstić information content (AvgIpc) is 3.01. The molecule has 6 heteroatoms. The second kappa shape index (κ2) is 16.2. The van der Waals surface area contributed by atoms with Crippen molar-refractivity contribution in [1.82, 2.24) is 0 Å². The normalized spacial score (nSPS) is 17.1. The number of benzene rings is 3.